The van der Waals surface area contributed by atoms with E-state index >= 15 is 0 Å². The van der Waals surface area contributed by atoms with Gasteiger partial charge in [-0.1, -0.05) is 25.1 Å². The SMILES string of the molecule is CC[C@@H](C)NC(=O)C(=O)N/N=C\c1ccccc1C(=O)O. The highest BCUT2D eigenvalue weighted by Gasteiger charge is 2.14. The number of carbonyl (C=O) groups excluding carboxylic acids is 2. The van der Waals surface area contributed by atoms with Crippen LogP contribution in [0, 0.1) is 0 Å². The lowest BCUT2D eigenvalue weighted by molar-refractivity contribution is -0.139. The van der Waals surface area contributed by atoms with Crippen LogP contribution >= 0.6 is 0 Å². The third kappa shape index (κ3) is 5.06. The van der Waals surface area contributed by atoms with Gasteiger partial charge in [-0.15, -0.1) is 0 Å². The fourth-order valence-corrected chi connectivity index (χ4v) is 1.41. The molecule has 7 nitrogen and oxygen atoms in total. The van der Waals surface area contributed by atoms with Gasteiger partial charge >= 0.3 is 17.8 Å². The lowest BCUT2D eigenvalue weighted by atomic mass is 10.1. The van der Waals surface area contributed by atoms with Crippen LogP contribution in [0.25, 0.3) is 0 Å². The van der Waals surface area contributed by atoms with Crippen LogP contribution in [0.2, 0.25) is 0 Å². The van der Waals surface area contributed by atoms with Crippen molar-refractivity contribution < 1.29 is 19.5 Å². The second kappa shape index (κ2) is 7.78. The van der Waals surface area contributed by atoms with Crippen LogP contribution in [0.4, 0.5) is 0 Å². The maximum atomic E-state index is 11.5. The van der Waals surface area contributed by atoms with Crippen LogP contribution in [-0.2, 0) is 9.59 Å². The van der Waals surface area contributed by atoms with E-state index in [1.807, 2.05) is 6.92 Å². The molecule has 0 radical (unpaired) electrons. The molecule has 112 valence electrons. The van der Waals surface area contributed by atoms with Crippen molar-refractivity contribution in [3.63, 3.8) is 0 Å². The predicted octanol–water partition coefficient (Wildman–Crippen LogP) is 0.750. The Kier molecular flexibility index (Phi) is 6.06. The highest BCUT2D eigenvalue weighted by Crippen LogP contribution is 2.05. The quantitative estimate of drug-likeness (QED) is 0.422. The Bertz CT molecular complexity index is 569. The summed E-state index contributed by atoms with van der Waals surface area (Å²) >= 11 is 0. The standard InChI is InChI=1S/C14H17N3O4/c1-3-9(2)16-12(18)13(19)17-15-8-10-6-4-5-7-11(10)14(20)21/h4-9H,3H2,1-2H3,(H,16,18)(H,17,19)(H,20,21)/b15-8-/t9-/m1/s1. The summed E-state index contributed by atoms with van der Waals surface area (Å²) < 4.78 is 0. The number of aromatic carboxylic acids is 1. The zero-order chi connectivity index (χ0) is 15.8. The van der Waals surface area contributed by atoms with Crippen molar-refractivity contribution in [2.45, 2.75) is 26.3 Å². The second-order valence-electron chi connectivity index (χ2n) is 4.37. The zero-order valence-corrected chi connectivity index (χ0v) is 11.8. The van der Waals surface area contributed by atoms with Crippen LogP contribution in [0.1, 0.15) is 36.2 Å². The molecule has 0 spiro atoms. The third-order valence-corrected chi connectivity index (χ3v) is 2.76. The lowest BCUT2D eigenvalue weighted by Crippen LogP contribution is -2.41. The van der Waals surface area contributed by atoms with Crippen molar-refractivity contribution >= 4 is 24.0 Å². The van der Waals surface area contributed by atoms with E-state index in [0.717, 1.165) is 0 Å². The van der Waals surface area contributed by atoms with Gasteiger partial charge in [-0.05, 0) is 19.4 Å². The number of hydrazone groups is 1. The van der Waals surface area contributed by atoms with E-state index in [9.17, 15) is 14.4 Å². The van der Waals surface area contributed by atoms with Crippen molar-refractivity contribution in [1.82, 2.24) is 10.7 Å². The summed E-state index contributed by atoms with van der Waals surface area (Å²) in [6.45, 7) is 3.65. The Morgan fingerprint density at radius 1 is 1.29 bits per heavy atom. The Labute approximate surface area is 122 Å². The van der Waals surface area contributed by atoms with Gasteiger partial charge in [0.05, 0.1) is 11.8 Å². The number of nitrogens with one attached hydrogen (secondary N) is 2. The normalized spacial score (nSPS) is 11.9. The minimum atomic E-state index is -1.10. The first kappa shape index (κ1) is 16.4. The second-order valence-corrected chi connectivity index (χ2v) is 4.37. The van der Waals surface area contributed by atoms with Crippen molar-refractivity contribution in [3.8, 4) is 0 Å². The predicted molar refractivity (Wildman–Crippen MR) is 77.0 cm³/mol. The van der Waals surface area contributed by atoms with Gasteiger partial charge < -0.3 is 10.4 Å². The summed E-state index contributed by atoms with van der Waals surface area (Å²) in [7, 11) is 0. The molecule has 0 aliphatic carbocycles. The number of hydrogen-bond acceptors (Lipinski definition) is 4. The number of rotatable bonds is 5. The Morgan fingerprint density at radius 3 is 2.57 bits per heavy atom. The first-order chi connectivity index (χ1) is 9.95. The number of carboxylic acids is 1. The minimum absolute atomic E-state index is 0.0551. The van der Waals surface area contributed by atoms with E-state index in [2.05, 4.69) is 15.8 Å². The molecule has 0 fully saturated rings. The summed E-state index contributed by atoms with van der Waals surface area (Å²) in [6, 6.07) is 6.07. The topological polar surface area (TPSA) is 108 Å². The molecule has 0 aromatic heterocycles. The lowest BCUT2D eigenvalue weighted by Gasteiger charge is -2.09. The van der Waals surface area contributed by atoms with Gasteiger partial charge in [0.15, 0.2) is 0 Å². The summed E-state index contributed by atoms with van der Waals surface area (Å²) in [5.74, 6) is -2.79. The maximum Gasteiger partial charge on any atom is 0.336 e. The molecule has 0 saturated carbocycles. The number of hydrogen-bond donors (Lipinski definition) is 3. The van der Waals surface area contributed by atoms with Gasteiger partial charge in [0.25, 0.3) is 0 Å². The van der Waals surface area contributed by atoms with Gasteiger partial charge in [-0.2, -0.15) is 5.10 Å². The van der Waals surface area contributed by atoms with E-state index in [4.69, 9.17) is 5.11 Å². The smallest absolute Gasteiger partial charge is 0.336 e. The van der Waals surface area contributed by atoms with Crippen molar-refractivity contribution in [2.75, 3.05) is 0 Å². The molecule has 7 heteroatoms. The number of nitrogens with zero attached hydrogens (tertiary/aromatic N) is 1. The number of carboxylic acid groups (broad SMARTS) is 1. The van der Waals surface area contributed by atoms with Crippen molar-refractivity contribution in [1.29, 1.82) is 0 Å². The zero-order valence-electron chi connectivity index (χ0n) is 11.8. The number of amides is 2. The van der Waals surface area contributed by atoms with Crippen LogP contribution < -0.4 is 10.7 Å². The molecular formula is C14H17N3O4. The molecule has 1 rings (SSSR count). The van der Waals surface area contributed by atoms with Crippen LogP contribution in [0.3, 0.4) is 0 Å². The molecule has 21 heavy (non-hydrogen) atoms. The molecule has 0 aliphatic rings. The highest BCUT2D eigenvalue weighted by atomic mass is 16.4. The maximum absolute atomic E-state index is 11.5. The average Bonchev–Trinajstić information content (AvgIpc) is 2.47. The molecular weight excluding hydrogens is 274 g/mol. The Hall–Kier alpha value is -2.70. The average molecular weight is 291 g/mol. The molecule has 3 N–H and O–H groups in total. The Balaban J connectivity index is 2.65. The molecule has 0 saturated heterocycles. The monoisotopic (exact) mass is 291 g/mol. The van der Waals surface area contributed by atoms with Gasteiger partial charge in [0.1, 0.15) is 0 Å². The van der Waals surface area contributed by atoms with Crippen LogP contribution in [0.15, 0.2) is 29.4 Å². The van der Waals surface area contributed by atoms with Gasteiger partial charge in [0.2, 0.25) is 0 Å². The van der Waals surface area contributed by atoms with Gasteiger partial charge in [-0.25, -0.2) is 10.2 Å². The summed E-state index contributed by atoms with van der Waals surface area (Å²) in [5, 5.41) is 15.1. The van der Waals surface area contributed by atoms with E-state index in [1.54, 1.807) is 25.1 Å². The van der Waals surface area contributed by atoms with Crippen LogP contribution in [0.5, 0.6) is 0 Å². The largest absolute Gasteiger partial charge is 0.478 e. The molecule has 1 atom stereocenters. The van der Waals surface area contributed by atoms with Crippen LogP contribution in [-0.4, -0.2) is 35.1 Å². The molecule has 1 aromatic carbocycles. The first-order valence-corrected chi connectivity index (χ1v) is 6.42. The highest BCUT2D eigenvalue weighted by molar-refractivity contribution is 6.35. The Morgan fingerprint density at radius 2 is 1.95 bits per heavy atom. The van der Waals surface area contributed by atoms with Crippen molar-refractivity contribution in [2.24, 2.45) is 5.10 Å². The van der Waals surface area contributed by atoms with Gasteiger partial charge in [0, 0.05) is 11.6 Å². The molecule has 0 bridgehead atoms. The van der Waals surface area contributed by atoms with E-state index in [1.165, 1.54) is 12.3 Å². The number of benzene rings is 1. The molecule has 2 amide bonds. The van der Waals surface area contributed by atoms with Gasteiger partial charge in [-0.3, -0.25) is 9.59 Å². The number of carbonyl (C=O) groups is 3. The van der Waals surface area contributed by atoms with E-state index < -0.39 is 17.8 Å². The third-order valence-electron chi connectivity index (χ3n) is 2.76. The van der Waals surface area contributed by atoms with E-state index in [0.29, 0.717) is 12.0 Å². The molecule has 0 aliphatic heterocycles. The van der Waals surface area contributed by atoms with Crippen molar-refractivity contribution in [3.05, 3.63) is 35.4 Å². The summed E-state index contributed by atoms with van der Waals surface area (Å²) in [4.78, 5) is 33.9. The molecule has 0 heterocycles. The fraction of sp³-hybridized carbons (Fsp3) is 0.286. The minimum Gasteiger partial charge on any atom is -0.478 e. The first-order valence-electron chi connectivity index (χ1n) is 6.42. The summed E-state index contributed by atoms with van der Waals surface area (Å²) in [6.07, 6.45) is 1.88. The molecule has 1 aromatic rings. The van der Waals surface area contributed by atoms with E-state index in [-0.39, 0.29) is 11.6 Å². The fourth-order valence-electron chi connectivity index (χ4n) is 1.41. The summed E-state index contributed by atoms with van der Waals surface area (Å²) in [5.41, 5.74) is 2.43. The molecule has 0 unspecified atom stereocenters.